The number of halogens is 2. The van der Waals surface area contributed by atoms with E-state index in [9.17, 15) is 8.78 Å². The molecule has 0 aliphatic heterocycles. The zero-order chi connectivity index (χ0) is 17.6. The van der Waals surface area contributed by atoms with E-state index in [2.05, 4.69) is 5.32 Å². The molecule has 4 heteroatoms. The minimum Gasteiger partial charge on any atom is -0.489 e. The summed E-state index contributed by atoms with van der Waals surface area (Å²) in [6, 6.07) is 20.3. The predicted octanol–water partition coefficient (Wildman–Crippen LogP) is 4.85. The molecule has 1 unspecified atom stereocenters. The molecule has 0 radical (unpaired) electrons. The van der Waals surface area contributed by atoms with E-state index in [1.807, 2.05) is 54.6 Å². The molecule has 2 nitrogen and oxygen atoms in total. The molecule has 0 amide bonds. The first kappa shape index (κ1) is 17.1. The third-order valence-electron chi connectivity index (χ3n) is 4.00. The summed E-state index contributed by atoms with van der Waals surface area (Å²) in [7, 11) is 1.71. The lowest BCUT2D eigenvalue weighted by Crippen LogP contribution is -2.19. The summed E-state index contributed by atoms with van der Waals surface area (Å²) in [5.41, 5.74) is 2.13. The minimum absolute atomic E-state index is 0.266. The van der Waals surface area contributed by atoms with Crippen molar-refractivity contribution in [3.63, 3.8) is 0 Å². The van der Waals surface area contributed by atoms with Crippen LogP contribution in [0.4, 0.5) is 8.78 Å². The predicted molar refractivity (Wildman–Crippen MR) is 94.5 cm³/mol. The first-order chi connectivity index (χ1) is 12.2. The molecule has 0 spiro atoms. The molecule has 3 aromatic carbocycles. The SMILES string of the molecule is CNC(c1cccc(OCc2ccccc2)c1)c1cc(F)ccc1F. The average Bonchev–Trinajstić information content (AvgIpc) is 2.65. The molecule has 0 aliphatic carbocycles. The van der Waals surface area contributed by atoms with Gasteiger partial charge < -0.3 is 10.1 Å². The molecule has 1 N–H and O–H groups in total. The molecule has 0 fully saturated rings. The maximum atomic E-state index is 14.1. The third-order valence-corrected chi connectivity index (χ3v) is 4.00. The number of hydrogen-bond acceptors (Lipinski definition) is 2. The molecule has 3 rings (SSSR count). The van der Waals surface area contributed by atoms with Gasteiger partial charge in [-0.3, -0.25) is 0 Å². The Morgan fingerprint density at radius 3 is 2.48 bits per heavy atom. The topological polar surface area (TPSA) is 21.3 Å². The Hall–Kier alpha value is -2.72. The Morgan fingerprint density at radius 1 is 0.920 bits per heavy atom. The molecular weight excluding hydrogens is 320 g/mol. The van der Waals surface area contributed by atoms with Gasteiger partial charge in [0, 0.05) is 5.56 Å². The van der Waals surface area contributed by atoms with Crippen molar-refractivity contribution in [2.24, 2.45) is 0 Å². The van der Waals surface area contributed by atoms with Gasteiger partial charge in [0.1, 0.15) is 24.0 Å². The fraction of sp³-hybridized carbons (Fsp3) is 0.143. The Kier molecular flexibility index (Phi) is 5.41. The zero-order valence-electron chi connectivity index (χ0n) is 13.9. The Labute approximate surface area is 146 Å². The molecule has 0 bridgehead atoms. The van der Waals surface area contributed by atoms with Gasteiger partial charge in [0.05, 0.1) is 6.04 Å². The van der Waals surface area contributed by atoms with Crippen molar-refractivity contribution in [1.29, 1.82) is 0 Å². The molecule has 0 saturated carbocycles. The van der Waals surface area contributed by atoms with E-state index in [1.54, 1.807) is 7.05 Å². The highest BCUT2D eigenvalue weighted by atomic mass is 19.1. The second-order valence-corrected chi connectivity index (χ2v) is 5.73. The van der Waals surface area contributed by atoms with E-state index in [1.165, 1.54) is 6.07 Å². The quantitative estimate of drug-likeness (QED) is 0.693. The van der Waals surface area contributed by atoms with Crippen molar-refractivity contribution in [3.8, 4) is 5.75 Å². The molecule has 0 aliphatic rings. The second kappa shape index (κ2) is 7.90. The molecule has 1 atom stereocenters. The van der Waals surface area contributed by atoms with Gasteiger partial charge in [0.15, 0.2) is 0 Å². The number of hydrogen-bond donors (Lipinski definition) is 1. The normalized spacial score (nSPS) is 12.0. The molecular formula is C21H19F2NO. The smallest absolute Gasteiger partial charge is 0.128 e. The maximum Gasteiger partial charge on any atom is 0.128 e. The van der Waals surface area contributed by atoms with Crippen LogP contribution in [-0.2, 0) is 6.61 Å². The Balaban J connectivity index is 1.82. The van der Waals surface area contributed by atoms with E-state index < -0.39 is 17.7 Å². The molecule has 0 heterocycles. The zero-order valence-corrected chi connectivity index (χ0v) is 13.9. The van der Waals surface area contributed by atoms with E-state index in [0.29, 0.717) is 12.4 Å². The van der Waals surface area contributed by atoms with Gasteiger partial charge in [-0.1, -0.05) is 42.5 Å². The van der Waals surface area contributed by atoms with Crippen LogP contribution in [0.3, 0.4) is 0 Å². The highest BCUT2D eigenvalue weighted by Gasteiger charge is 2.17. The van der Waals surface area contributed by atoms with Crippen molar-refractivity contribution in [2.45, 2.75) is 12.6 Å². The lowest BCUT2D eigenvalue weighted by molar-refractivity contribution is 0.305. The number of nitrogens with one attached hydrogen (secondary N) is 1. The molecule has 0 saturated heterocycles. The summed E-state index contributed by atoms with van der Waals surface area (Å²) in [6.45, 7) is 0.447. The standard InChI is InChI=1S/C21H19F2NO/c1-24-21(19-13-17(22)10-11-20(19)23)16-8-5-9-18(12-16)25-14-15-6-3-2-4-7-15/h2-13,21,24H,14H2,1H3. The van der Waals surface area contributed by atoms with Crippen molar-refractivity contribution < 1.29 is 13.5 Å². The summed E-state index contributed by atoms with van der Waals surface area (Å²) >= 11 is 0. The average molecular weight is 339 g/mol. The van der Waals surface area contributed by atoms with Crippen LogP contribution < -0.4 is 10.1 Å². The van der Waals surface area contributed by atoms with Crippen LogP contribution in [0.1, 0.15) is 22.7 Å². The molecule has 25 heavy (non-hydrogen) atoms. The Morgan fingerprint density at radius 2 is 1.72 bits per heavy atom. The monoisotopic (exact) mass is 339 g/mol. The lowest BCUT2D eigenvalue weighted by atomic mass is 9.98. The van der Waals surface area contributed by atoms with Crippen molar-refractivity contribution in [3.05, 3.63) is 101 Å². The van der Waals surface area contributed by atoms with Gasteiger partial charge >= 0.3 is 0 Å². The van der Waals surface area contributed by atoms with E-state index in [-0.39, 0.29) is 5.56 Å². The fourth-order valence-corrected chi connectivity index (χ4v) is 2.76. The van der Waals surface area contributed by atoms with Crippen molar-refractivity contribution in [2.75, 3.05) is 7.05 Å². The van der Waals surface area contributed by atoms with Gasteiger partial charge in [-0.25, -0.2) is 8.78 Å². The number of benzene rings is 3. The van der Waals surface area contributed by atoms with Gasteiger partial charge in [0.2, 0.25) is 0 Å². The van der Waals surface area contributed by atoms with Crippen LogP contribution in [0.15, 0.2) is 72.8 Å². The van der Waals surface area contributed by atoms with Gasteiger partial charge in [-0.15, -0.1) is 0 Å². The second-order valence-electron chi connectivity index (χ2n) is 5.73. The van der Waals surface area contributed by atoms with E-state index in [0.717, 1.165) is 23.3 Å². The van der Waals surface area contributed by atoms with Crippen LogP contribution >= 0.6 is 0 Å². The van der Waals surface area contributed by atoms with Crippen molar-refractivity contribution >= 4 is 0 Å². The fourth-order valence-electron chi connectivity index (χ4n) is 2.76. The number of rotatable bonds is 6. The first-order valence-corrected chi connectivity index (χ1v) is 8.06. The summed E-state index contributed by atoms with van der Waals surface area (Å²) < 4.78 is 33.5. The van der Waals surface area contributed by atoms with Crippen LogP contribution in [-0.4, -0.2) is 7.05 Å². The molecule has 0 aromatic heterocycles. The van der Waals surface area contributed by atoms with E-state index >= 15 is 0 Å². The number of ether oxygens (including phenoxy) is 1. The summed E-state index contributed by atoms with van der Waals surface area (Å²) in [6.07, 6.45) is 0. The highest BCUT2D eigenvalue weighted by Crippen LogP contribution is 2.27. The van der Waals surface area contributed by atoms with Crippen molar-refractivity contribution in [1.82, 2.24) is 5.32 Å². The van der Waals surface area contributed by atoms with Crippen LogP contribution in [0.25, 0.3) is 0 Å². The molecule has 128 valence electrons. The highest BCUT2D eigenvalue weighted by molar-refractivity contribution is 5.37. The summed E-state index contributed by atoms with van der Waals surface area (Å²) in [5.74, 6) is -0.233. The van der Waals surface area contributed by atoms with Gasteiger partial charge in [-0.2, -0.15) is 0 Å². The Bertz CT molecular complexity index is 836. The maximum absolute atomic E-state index is 14.1. The summed E-state index contributed by atoms with van der Waals surface area (Å²) in [5, 5.41) is 3.04. The largest absolute Gasteiger partial charge is 0.489 e. The molecule has 3 aromatic rings. The first-order valence-electron chi connectivity index (χ1n) is 8.06. The minimum atomic E-state index is -0.465. The van der Waals surface area contributed by atoms with Gasteiger partial charge in [-0.05, 0) is 48.5 Å². The van der Waals surface area contributed by atoms with Crippen LogP contribution in [0.2, 0.25) is 0 Å². The lowest BCUT2D eigenvalue weighted by Gasteiger charge is -2.19. The van der Waals surface area contributed by atoms with Gasteiger partial charge in [0.25, 0.3) is 0 Å². The summed E-state index contributed by atoms with van der Waals surface area (Å²) in [4.78, 5) is 0. The van der Waals surface area contributed by atoms with Crippen LogP contribution in [0.5, 0.6) is 5.75 Å². The third kappa shape index (κ3) is 4.22. The van der Waals surface area contributed by atoms with Crippen LogP contribution in [0, 0.1) is 11.6 Å². The van der Waals surface area contributed by atoms with E-state index in [4.69, 9.17) is 4.74 Å².